The zero-order valence-electron chi connectivity index (χ0n) is 20.9. The van der Waals surface area contributed by atoms with Gasteiger partial charge in [0.1, 0.15) is 35.7 Å². The summed E-state index contributed by atoms with van der Waals surface area (Å²) in [7, 11) is 0. The van der Waals surface area contributed by atoms with Gasteiger partial charge in [-0.1, -0.05) is 23.2 Å². The van der Waals surface area contributed by atoms with Crippen LogP contribution in [0.15, 0.2) is 41.3 Å². The summed E-state index contributed by atoms with van der Waals surface area (Å²) in [4.78, 5) is 26.1. The SMILES string of the molecule is O=C(NN1CCC(NCC(O)COc2ccc(Cl)c(F)c2)CC1)c1cn(C2CC2)c2cc(Cl)c(F)cc2c1=O. The number of carbonyl (C=O) groups is 1. The number of aliphatic hydroxyl groups excluding tert-OH is 1. The number of rotatable bonds is 9. The van der Waals surface area contributed by atoms with Crippen LogP contribution in [-0.2, 0) is 0 Å². The predicted molar refractivity (Wildman–Crippen MR) is 144 cm³/mol. The Balaban J connectivity index is 1.13. The summed E-state index contributed by atoms with van der Waals surface area (Å²) in [5.74, 6) is -1.55. The van der Waals surface area contributed by atoms with Crippen molar-refractivity contribution < 1.29 is 23.4 Å². The van der Waals surface area contributed by atoms with Crippen molar-refractivity contribution in [2.75, 3.05) is 26.2 Å². The maximum absolute atomic E-state index is 14.1. The molecular formula is C27H28Cl2F2N4O4. The molecule has 1 saturated carbocycles. The van der Waals surface area contributed by atoms with Crippen LogP contribution in [0.4, 0.5) is 8.78 Å². The van der Waals surface area contributed by atoms with Gasteiger partial charge in [-0.3, -0.25) is 15.0 Å². The van der Waals surface area contributed by atoms with Gasteiger partial charge < -0.3 is 19.7 Å². The Hall–Kier alpha value is -2.76. The van der Waals surface area contributed by atoms with Gasteiger partial charge in [0.25, 0.3) is 5.91 Å². The van der Waals surface area contributed by atoms with Crippen LogP contribution >= 0.6 is 23.2 Å². The summed E-state index contributed by atoms with van der Waals surface area (Å²) in [6.45, 7) is 1.35. The second-order valence-corrected chi connectivity index (χ2v) is 10.8. The van der Waals surface area contributed by atoms with E-state index in [4.69, 9.17) is 27.9 Å². The molecule has 0 radical (unpaired) electrons. The zero-order chi connectivity index (χ0) is 27.7. The number of hydrazine groups is 1. The Morgan fingerprint density at radius 1 is 1.08 bits per heavy atom. The molecule has 1 saturated heterocycles. The van der Waals surface area contributed by atoms with Gasteiger partial charge in [0.05, 0.1) is 15.6 Å². The Kier molecular flexibility index (Phi) is 8.39. The first-order valence-corrected chi connectivity index (χ1v) is 13.5. The minimum Gasteiger partial charge on any atom is -0.491 e. The van der Waals surface area contributed by atoms with E-state index < -0.39 is 29.1 Å². The summed E-state index contributed by atoms with van der Waals surface area (Å²) in [5.41, 5.74) is 2.75. The van der Waals surface area contributed by atoms with Gasteiger partial charge in [0.15, 0.2) is 0 Å². The number of hydrogen-bond acceptors (Lipinski definition) is 6. The van der Waals surface area contributed by atoms with Gasteiger partial charge in [0.2, 0.25) is 5.43 Å². The second-order valence-electron chi connectivity index (χ2n) is 9.95. The Bertz CT molecular complexity index is 1440. The second kappa shape index (κ2) is 11.8. The van der Waals surface area contributed by atoms with E-state index >= 15 is 0 Å². The molecule has 39 heavy (non-hydrogen) atoms. The minimum atomic E-state index is -0.803. The lowest BCUT2D eigenvalue weighted by atomic mass is 10.1. The Morgan fingerprint density at radius 2 is 1.79 bits per heavy atom. The number of aromatic nitrogens is 1. The van der Waals surface area contributed by atoms with Crippen LogP contribution in [0.1, 0.15) is 42.1 Å². The quantitative estimate of drug-likeness (QED) is 0.353. The normalized spacial score (nSPS) is 17.4. The van der Waals surface area contributed by atoms with E-state index in [-0.39, 0.29) is 52.0 Å². The topological polar surface area (TPSA) is 95.8 Å². The van der Waals surface area contributed by atoms with Gasteiger partial charge in [-0.05, 0) is 49.9 Å². The summed E-state index contributed by atoms with van der Waals surface area (Å²) in [6.07, 6.45) is 3.96. The molecule has 2 aliphatic rings. The molecule has 1 unspecified atom stereocenters. The standard InChI is InChI=1S/C27H28Cl2F2N4O4/c28-21-4-3-18(9-23(21)30)39-14-17(36)12-32-15-5-7-34(8-6-15)33-27(38)20-13-35(16-1-2-16)25-11-22(29)24(31)10-19(25)26(20)37/h3-4,9-11,13,15-17,32,36H,1-2,5-8,12,14H2,(H,33,38). The highest BCUT2D eigenvalue weighted by Crippen LogP contribution is 2.37. The van der Waals surface area contributed by atoms with Crippen molar-refractivity contribution in [2.45, 2.75) is 43.9 Å². The fraction of sp³-hybridized carbons (Fsp3) is 0.407. The lowest BCUT2D eigenvalue weighted by molar-refractivity contribution is 0.0696. The third kappa shape index (κ3) is 6.53. The number of piperidine rings is 1. The molecule has 208 valence electrons. The summed E-state index contributed by atoms with van der Waals surface area (Å²) in [6, 6.07) is 6.88. The van der Waals surface area contributed by atoms with Crippen molar-refractivity contribution in [3.8, 4) is 5.75 Å². The Morgan fingerprint density at radius 3 is 2.49 bits per heavy atom. The average molecular weight is 581 g/mol. The van der Waals surface area contributed by atoms with E-state index in [0.717, 1.165) is 18.9 Å². The zero-order valence-corrected chi connectivity index (χ0v) is 22.4. The van der Waals surface area contributed by atoms with E-state index in [9.17, 15) is 23.5 Å². The van der Waals surface area contributed by atoms with Crippen LogP contribution in [0.5, 0.6) is 5.75 Å². The lowest BCUT2D eigenvalue weighted by Crippen LogP contribution is -2.51. The third-order valence-electron chi connectivity index (χ3n) is 6.99. The monoisotopic (exact) mass is 580 g/mol. The molecule has 0 bridgehead atoms. The maximum atomic E-state index is 14.1. The van der Waals surface area contributed by atoms with E-state index in [1.807, 2.05) is 4.57 Å². The fourth-order valence-electron chi connectivity index (χ4n) is 4.68. The molecule has 8 nitrogen and oxygen atoms in total. The Labute approximate surface area is 233 Å². The number of benzene rings is 2. The van der Waals surface area contributed by atoms with Crippen molar-refractivity contribution >= 4 is 40.0 Å². The van der Waals surface area contributed by atoms with Crippen LogP contribution in [0, 0.1) is 11.6 Å². The highest BCUT2D eigenvalue weighted by molar-refractivity contribution is 6.31. The molecule has 1 amide bonds. The molecule has 0 spiro atoms. The first-order chi connectivity index (χ1) is 18.7. The molecule has 3 N–H and O–H groups in total. The first-order valence-electron chi connectivity index (χ1n) is 12.8. The van der Waals surface area contributed by atoms with Crippen molar-refractivity contribution in [3.05, 3.63) is 74.0 Å². The predicted octanol–water partition coefficient (Wildman–Crippen LogP) is 4.06. The van der Waals surface area contributed by atoms with Crippen molar-refractivity contribution in [2.24, 2.45) is 0 Å². The number of fused-ring (bicyclic) bond motifs is 1. The molecular weight excluding hydrogens is 553 g/mol. The molecule has 1 aliphatic carbocycles. The van der Waals surface area contributed by atoms with Crippen LogP contribution in [-0.4, -0.2) is 59.0 Å². The number of aliphatic hydroxyl groups is 1. The summed E-state index contributed by atoms with van der Waals surface area (Å²) >= 11 is 11.6. The first kappa shape index (κ1) is 27.8. The number of halogens is 4. The van der Waals surface area contributed by atoms with Crippen molar-refractivity contribution in [1.82, 2.24) is 20.3 Å². The maximum Gasteiger partial charge on any atom is 0.271 e. The highest BCUT2D eigenvalue weighted by atomic mass is 35.5. The average Bonchev–Trinajstić information content (AvgIpc) is 3.76. The fourth-order valence-corrected chi connectivity index (χ4v) is 4.96. The molecule has 12 heteroatoms. The van der Waals surface area contributed by atoms with Gasteiger partial charge in [-0.15, -0.1) is 0 Å². The smallest absolute Gasteiger partial charge is 0.271 e. The molecule has 2 aromatic carbocycles. The number of hydrogen-bond donors (Lipinski definition) is 3. The number of amides is 1. The van der Waals surface area contributed by atoms with Gasteiger partial charge >= 0.3 is 0 Å². The summed E-state index contributed by atoms with van der Waals surface area (Å²) < 4.78 is 34.9. The largest absolute Gasteiger partial charge is 0.491 e. The number of ether oxygens (including phenoxy) is 1. The number of carbonyl (C=O) groups excluding carboxylic acids is 1. The van der Waals surface area contributed by atoms with E-state index in [1.54, 1.807) is 11.2 Å². The highest BCUT2D eigenvalue weighted by Gasteiger charge is 2.28. The third-order valence-corrected chi connectivity index (χ3v) is 7.59. The molecule has 2 fully saturated rings. The number of nitrogens with zero attached hydrogens (tertiary/aromatic N) is 2. The van der Waals surface area contributed by atoms with Crippen molar-refractivity contribution in [1.29, 1.82) is 0 Å². The molecule has 1 aromatic heterocycles. The molecule has 1 aliphatic heterocycles. The minimum absolute atomic E-state index is 0.000442. The molecule has 2 heterocycles. The molecule has 1 atom stereocenters. The number of nitrogens with one attached hydrogen (secondary N) is 2. The van der Waals surface area contributed by atoms with E-state index in [0.29, 0.717) is 31.4 Å². The molecule has 5 rings (SSSR count). The van der Waals surface area contributed by atoms with E-state index in [2.05, 4.69) is 10.7 Å². The summed E-state index contributed by atoms with van der Waals surface area (Å²) in [5, 5.41) is 15.3. The number of pyridine rings is 1. The van der Waals surface area contributed by atoms with Crippen LogP contribution in [0.25, 0.3) is 10.9 Å². The molecule has 3 aromatic rings. The van der Waals surface area contributed by atoms with Crippen LogP contribution < -0.4 is 20.9 Å². The van der Waals surface area contributed by atoms with Gasteiger partial charge in [-0.25, -0.2) is 13.8 Å². The van der Waals surface area contributed by atoms with Gasteiger partial charge in [-0.2, -0.15) is 0 Å². The van der Waals surface area contributed by atoms with E-state index in [1.165, 1.54) is 24.3 Å². The van der Waals surface area contributed by atoms with Gasteiger partial charge in [0, 0.05) is 49.4 Å². The van der Waals surface area contributed by atoms with Crippen LogP contribution in [0.2, 0.25) is 10.0 Å². The lowest BCUT2D eigenvalue weighted by Gasteiger charge is -2.33. The van der Waals surface area contributed by atoms with Crippen molar-refractivity contribution in [3.63, 3.8) is 0 Å². The van der Waals surface area contributed by atoms with Crippen LogP contribution in [0.3, 0.4) is 0 Å².